The van der Waals surface area contributed by atoms with Crippen LogP contribution in [-0.4, -0.2) is 53.6 Å². The van der Waals surface area contributed by atoms with Crippen LogP contribution in [0.25, 0.3) is 5.57 Å². The largest absolute Gasteiger partial charge is 0.457 e. The Kier molecular flexibility index (Phi) is 7.86. The number of esters is 1. The minimum absolute atomic E-state index is 0.0383. The van der Waals surface area contributed by atoms with Crippen LogP contribution in [0.1, 0.15) is 51.1 Å². The normalized spacial score (nSPS) is 20.3. The maximum Gasteiger partial charge on any atom is 0.355 e. The van der Waals surface area contributed by atoms with E-state index in [1.165, 1.54) is 11.6 Å². The zero-order chi connectivity index (χ0) is 27.8. The van der Waals surface area contributed by atoms with Gasteiger partial charge in [0.05, 0.1) is 23.8 Å². The summed E-state index contributed by atoms with van der Waals surface area (Å²) in [4.78, 5) is 28.3. The van der Waals surface area contributed by atoms with Crippen LogP contribution < -0.4 is 0 Å². The number of benzene rings is 1. The van der Waals surface area contributed by atoms with Crippen molar-refractivity contribution in [3.05, 3.63) is 71.7 Å². The average molecular weight is 536 g/mol. The lowest BCUT2D eigenvalue weighted by atomic mass is 9.83. The van der Waals surface area contributed by atoms with E-state index >= 15 is 0 Å². The number of rotatable bonds is 10. The molecule has 1 aromatic carbocycles. The van der Waals surface area contributed by atoms with E-state index in [0.717, 1.165) is 29.9 Å². The van der Waals surface area contributed by atoms with Crippen LogP contribution in [0.2, 0.25) is 18.1 Å². The Morgan fingerprint density at radius 1 is 1.26 bits per heavy atom. The molecule has 0 radical (unpaired) electrons. The molecule has 1 fully saturated rings. The first-order valence-corrected chi connectivity index (χ1v) is 16.4. The number of nitrogens with zero attached hydrogens (tertiary/aromatic N) is 3. The van der Waals surface area contributed by atoms with Crippen LogP contribution in [0, 0.1) is 12.8 Å². The van der Waals surface area contributed by atoms with Gasteiger partial charge in [-0.25, -0.2) is 4.79 Å². The first kappa shape index (κ1) is 28.0. The summed E-state index contributed by atoms with van der Waals surface area (Å²) in [7, 11) is -2.07. The highest BCUT2D eigenvalue weighted by molar-refractivity contribution is 6.74. The van der Waals surface area contributed by atoms with E-state index in [1.54, 1.807) is 4.90 Å². The number of fused-ring (bicyclic) bond motifs is 1. The van der Waals surface area contributed by atoms with Gasteiger partial charge in [-0.3, -0.25) is 9.48 Å². The van der Waals surface area contributed by atoms with Crippen molar-refractivity contribution in [3.63, 3.8) is 0 Å². The second-order valence-corrected chi connectivity index (χ2v) is 16.7. The van der Waals surface area contributed by atoms with Gasteiger partial charge in [0.2, 0.25) is 5.91 Å². The lowest BCUT2D eigenvalue weighted by molar-refractivity contribution is -0.161. The summed E-state index contributed by atoms with van der Waals surface area (Å²) in [5.41, 5.74) is 4.05. The Hall–Kier alpha value is -2.97. The van der Waals surface area contributed by atoms with Crippen molar-refractivity contribution in [2.45, 2.75) is 84.3 Å². The van der Waals surface area contributed by atoms with Gasteiger partial charge in [-0.15, -0.1) is 0 Å². The molecular formula is C30H41N3O4Si. The number of amides is 1. The molecule has 38 heavy (non-hydrogen) atoms. The number of β-lactam (4-membered cyclic amide) rings is 1. The molecule has 0 bridgehead atoms. The van der Waals surface area contributed by atoms with Crippen LogP contribution in [0.4, 0.5) is 0 Å². The number of aromatic nitrogens is 2. The molecule has 3 heterocycles. The highest BCUT2D eigenvalue weighted by Gasteiger charge is 2.58. The standard InChI is InChI=1S/C30H41N3O4Si/c1-9-17-36-29(35)27-23(24-18-20(2)32(31-24)16-15-22-13-11-10-12-14-22)19-25-26(28(34)33(25)27)21(3)37-38(7,8)30(4,5)6/h9-14,18,21,25-26H,1,15-17,19H2,2-8H3/t21-,25-,26-/m1/s1. The van der Waals surface area contributed by atoms with Gasteiger partial charge in [0, 0.05) is 17.8 Å². The molecule has 0 N–H and O–H groups in total. The van der Waals surface area contributed by atoms with Crippen molar-refractivity contribution in [2.75, 3.05) is 6.61 Å². The van der Waals surface area contributed by atoms with E-state index in [9.17, 15) is 9.59 Å². The molecule has 7 nitrogen and oxygen atoms in total. The van der Waals surface area contributed by atoms with Crippen LogP contribution in [-0.2, 0) is 31.7 Å². The van der Waals surface area contributed by atoms with Crippen molar-refractivity contribution in [2.24, 2.45) is 5.92 Å². The molecule has 2 aliphatic rings. The maximum atomic E-state index is 13.5. The first-order chi connectivity index (χ1) is 17.9. The summed E-state index contributed by atoms with van der Waals surface area (Å²) < 4.78 is 14.0. The van der Waals surface area contributed by atoms with Gasteiger partial charge in [-0.1, -0.05) is 63.8 Å². The SMILES string of the molecule is C=CCOC(=O)C1=C(c2cc(C)n(CCc3ccccc3)n2)C[C@@H]2[C@@H]([C@@H](C)O[Si](C)(C)C(C)(C)C)C(=O)N12. The van der Waals surface area contributed by atoms with Gasteiger partial charge >= 0.3 is 5.97 Å². The molecule has 4 rings (SSSR count). The van der Waals surface area contributed by atoms with E-state index < -0.39 is 14.3 Å². The van der Waals surface area contributed by atoms with Gasteiger partial charge in [0.1, 0.15) is 12.3 Å². The zero-order valence-electron chi connectivity index (χ0n) is 23.8. The number of hydrogen-bond donors (Lipinski definition) is 0. The number of aryl methyl sites for hydroxylation is 3. The Morgan fingerprint density at radius 2 is 1.95 bits per heavy atom. The summed E-state index contributed by atoms with van der Waals surface area (Å²) >= 11 is 0. The minimum Gasteiger partial charge on any atom is -0.457 e. The highest BCUT2D eigenvalue weighted by atomic mass is 28.4. The van der Waals surface area contributed by atoms with Gasteiger partial charge < -0.3 is 14.1 Å². The molecule has 0 spiro atoms. The van der Waals surface area contributed by atoms with E-state index in [0.29, 0.717) is 12.1 Å². The van der Waals surface area contributed by atoms with Crippen LogP contribution >= 0.6 is 0 Å². The average Bonchev–Trinajstić information content (AvgIpc) is 3.38. The Bertz CT molecular complexity index is 1240. The van der Waals surface area contributed by atoms with Crippen molar-refractivity contribution in [1.82, 2.24) is 14.7 Å². The third-order valence-electron chi connectivity index (χ3n) is 8.27. The number of carbonyl (C=O) groups is 2. The first-order valence-electron chi connectivity index (χ1n) is 13.5. The maximum absolute atomic E-state index is 13.5. The second-order valence-electron chi connectivity index (χ2n) is 11.9. The minimum atomic E-state index is -2.07. The number of ether oxygens (including phenoxy) is 1. The lowest BCUT2D eigenvalue weighted by Gasteiger charge is -2.48. The Labute approximate surface area is 227 Å². The monoisotopic (exact) mass is 535 g/mol. The smallest absolute Gasteiger partial charge is 0.355 e. The fourth-order valence-corrected chi connectivity index (χ4v) is 6.58. The lowest BCUT2D eigenvalue weighted by Crippen LogP contribution is -2.63. The fourth-order valence-electron chi connectivity index (χ4n) is 5.16. The Balaban J connectivity index is 1.59. The van der Waals surface area contributed by atoms with Gasteiger partial charge in [-0.05, 0) is 56.5 Å². The summed E-state index contributed by atoms with van der Waals surface area (Å²) in [6.45, 7) is 19.5. The molecule has 1 amide bonds. The van der Waals surface area contributed by atoms with Crippen LogP contribution in [0.15, 0.2) is 54.8 Å². The number of hydrogen-bond acceptors (Lipinski definition) is 5. The van der Waals surface area contributed by atoms with Crippen LogP contribution in [0.3, 0.4) is 0 Å². The van der Waals surface area contributed by atoms with E-state index in [-0.39, 0.29) is 35.6 Å². The summed E-state index contributed by atoms with van der Waals surface area (Å²) in [6.07, 6.45) is 2.70. The molecular weight excluding hydrogens is 494 g/mol. The second kappa shape index (κ2) is 10.7. The molecule has 1 saturated heterocycles. The third-order valence-corrected chi connectivity index (χ3v) is 12.8. The predicted molar refractivity (Wildman–Crippen MR) is 152 cm³/mol. The summed E-state index contributed by atoms with van der Waals surface area (Å²) in [5.74, 6) is -0.893. The van der Waals surface area contributed by atoms with Gasteiger partial charge in [0.15, 0.2) is 8.32 Å². The zero-order valence-corrected chi connectivity index (χ0v) is 24.8. The van der Waals surface area contributed by atoms with E-state index in [1.807, 2.05) is 42.8 Å². The molecule has 1 aromatic heterocycles. The van der Waals surface area contributed by atoms with E-state index in [2.05, 4.69) is 52.6 Å². The molecule has 3 atom stereocenters. The summed E-state index contributed by atoms with van der Waals surface area (Å²) in [5, 5.41) is 4.91. The van der Waals surface area contributed by atoms with Gasteiger partial charge in [0.25, 0.3) is 0 Å². The molecule has 0 unspecified atom stereocenters. The van der Waals surface area contributed by atoms with Crippen molar-refractivity contribution < 1.29 is 18.8 Å². The molecule has 2 aromatic rings. The van der Waals surface area contributed by atoms with Crippen molar-refractivity contribution >= 4 is 25.8 Å². The molecule has 2 aliphatic heterocycles. The predicted octanol–water partition coefficient (Wildman–Crippen LogP) is 5.52. The quantitative estimate of drug-likeness (QED) is 0.173. The topological polar surface area (TPSA) is 73.7 Å². The van der Waals surface area contributed by atoms with E-state index in [4.69, 9.17) is 14.3 Å². The van der Waals surface area contributed by atoms with Crippen molar-refractivity contribution in [3.8, 4) is 0 Å². The molecule has 204 valence electrons. The molecule has 0 aliphatic carbocycles. The summed E-state index contributed by atoms with van der Waals surface area (Å²) in [6, 6.07) is 12.2. The molecule has 8 heteroatoms. The van der Waals surface area contributed by atoms with Crippen molar-refractivity contribution in [1.29, 1.82) is 0 Å². The number of carbonyl (C=O) groups excluding carboxylic acids is 2. The third kappa shape index (κ3) is 5.29. The Morgan fingerprint density at radius 3 is 2.58 bits per heavy atom. The fraction of sp³-hybridized carbons (Fsp3) is 0.500. The molecule has 0 saturated carbocycles. The highest BCUT2D eigenvalue weighted by Crippen LogP contribution is 2.49. The van der Waals surface area contributed by atoms with Gasteiger partial charge in [-0.2, -0.15) is 5.10 Å². The van der Waals surface area contributed by atoms with Crippen LogP contribution in [0.5, 0.6) is 0 Å².